The van der Waals surface area contributed by atoms with Crippen LogP contribution in [0.4, 0.5) is 8.78 Å². The molecular formula is C23H22F2N2O. The van der Waals surface area contributed by atoms with E-state index >= 15 is 0 Å². The second kappa shape index (κ2) is 7.30. The van der Waals surface area contributed by atoms with Gasteiger partial charge in [0, 0.05) is 24.2 Å². The fourth-order valence-corrected chi connectivity index (χ4v) is 4.30. The number of allylic oxidation sites excluding steroid dienone is 9. The number of methoxy groups -OCH3 is 1. The van der Waals surface area contributed by atoms with Crippen molar-refractivity contribution in [2.45, 2.75) is 19.8 Å². The molecule has 1 aromatic rings. The third kappa shape index (κ3) is 3.15. The molecule has 3 aliphatic carbocycles. The number of pyridine rings is 1. The summed E-state index contributed by atoms with van der Waals surface area (Å²) in [4.78, 5) is 4.21. The standard InChI is InChI=1S/C23H22F2N2O/c1-13-17(15-4-3-7-27-12-15)11-18-19(23(13)26)8-16(10-22(18)28-2)14-5-6-20(24)21(25)9-14/h3-4,6-10,12,14,16,18,26H,5,11H2,1-2H3. The lowest BCUT2D eigenvalue weighted by atomic mass is 9.70. The van der Waals surface area contributed by atoms with Gasteiger partial charge in [0.15, 0.2) is 11.7 Å². The Labute approximate surface area is 163 Å². The number of halogens is 2. The van der Waals surface area contributed by atoms with Gasteiger partial charge in [-0.25, -0.2) is 8.78 Å². The van der Waals surface area contributed by atoms with Crippen molar-refractivity contribution in [2.75, 3.05) is 7.11 Å². The molecule has 5 heteroatoms. The molecule has 3 unspecified atom stereocenters. The highest BCUT2D eigenvalue weighted by Gasteiger charge is 2.36. The van der Waals surface area contributed by atoms with Crippen LogP contribution in [-0.4, -0.2) is 17.8 Å². The highest BCUT2D eigenvalue weighted by molar-refractivity contribution is 6.16. The average molecular weight is 380 g/mol. The van der Waals surface area contributed by atoms with Crippen LogP contribution in [0.1, 0.15) is 25.3 Å². The molecule has 0 saturated carbocycles. The Hall–Kier alpha value is -2.82. The van der Waals surface area contributed by atoms with Gasteiger partial charge in [-0.1, -0.05) is 12.1 Å². The second-order valence-corrected chi connectivity index (χ2v) is 7.42. The number of fused-ring (bicyclic) bond motifs is 1. The van der Waals surface area contributed by atoms with Crippen molar-refractivity contribution in [1.82, 2.24) is 4.98 Å². The SMILES string of the molecule is COC1=CC(C2C=C(F)C(F)=CC2)C=C2C(=N)C(C)=C(c3cccnc3)CC12. The predicted octanol–water partition coefficient (Wildman–Crippen LogP) is 5.71. The van der Waals surface area contributed by atoms with Gasteiger partial charge in [0.1, 0.15) is 5.76 Å². The summed E-state index contributed by atoms with van der Waals surface area (Å²) < 4.78 is 32.8. The normalized spacial score (nSPS) is 27.4. The number of rotatable bonds is 3. The van der Waals surface area contributed by atoms with Crippen molar-refractivity contribution in [3.05, 3.63) is 83.0 Å². The van der Waals surface area contributed by atoms with Crippen LogP contribution in [0.25, 0.3) is 5.57 Å². The van der Waals surface area contributed by atoms with Crippen molar-refractivity contribution >= 4 is 11.3 Å². The van der Waals surface area contributed by atoms with Crippen molar-refractivity contribution in [2.24, 2.45) is 17.8 Å². The Morgan fingerprint density at radius 1 is 1.18 bits per heavy atom. The molecule has 0 bridgehead atoms. The summed E-state index contributed by atoms with van der Waals surface area (Å²) >= 11 is 0. The van der Waals surface area contributed by atoms with E-state index in [1.165, 1.54) is 12.2 Å². The molecule has 3 aliphatic rings. The minimum absolute atomic E-state index is 0.0441. The monoisotopic (exact) mass is 380 g/mol. The van der Waals surface area contributed by atoms with E-state index < -0.39 is 11.7 Å². The Balaban J connectivity index is 1.72. The van der Waals surface area contributed by atoms with E-state index in [9.17, 15) is 8.78 Å². The zero-order valence-electron chi connectivity index (χ0n) is 15.9. The zero-order chi connectivity index (χ0) is 19.8. The smallest absolute Gasteiger partial charge is 0.154 e. The predicted molar refractivity (Wildman–Crippen MR) is 106 cm³/mol. The first-order chi connectivity index (χ1) is 13.5. The van der Waals surface area contributed by atoms with E-state index in [0.29, 0.717) is 12.1 Å². The lowest BCUT2D eigenvalue weighted by Gasteiger charge is -2.36. The third-order valence-corrected chi connectivity index (χ3v) is 5.87. The molecule has 4 rings (SSSR count). The summed E-state index contributed by atoms with van der Waals surface area (Å²) in [6.07, 6.45) is 11.4. The molecule has 0 spiro atoms. The van der Waals surface area contributed by atoms with E-state index in [4.69, 9.17) is 10.1 Å². The maximum absolute atomic E-state index is 13.8. The number of aromatic nitrogens is 1. The van der Waals surface area contributed by atoms with Gasteiger partial charge in [-0.2, -0.15) is 0 Å². The molecule has 1 heterocycles. The molecule has 1 aromatic heterocycles. The van der Waals surface area contributed by atoms with E-state index in [-0.39, 0.29) is 17.8 Å². The van der Waals surface area contributed by atoms with Gasteiger partial charge >= 0.3 is 0 Å². The quantitative estimate of drug-likeness (QED) is 0.730. The fraction of sp³-hybridized carbons (Fsp3) is 0.304. The molecular weight excluding hydrogens is 358 g/mol. The highest BCUT2D eigenvalue weighted by atomic mass is 19.2. The van der Waals surface area contributed by atoms with Crippen molar-refractivity contribution < 1.29 is 13.5 Å². The molecule has 0 aliphatic heterocycles. The summed E-state index contributed by atoms with van der Waals surface area (Å²) in [5.74, 6) is -1.18. The minimum atomic E-state index is -0.808. The van der Waals surface area contributed by atoms with Gasteiger partial charge in [-0.3, -0.25) is 4.98 Å². The van der Waals surface area contributed by atoms with Crippen LogP contribution in [0.2, 0.25) is 0 Å². The topological polar surface area (TPSA) is 46.0 Å². The number of nitrogens with one attached hydrogen (secondary N) is 1. The Morgan fingerprint density at radius 3 is 2.68 bits per heavy atom. The number of nitrogens with zero attached hydrogens (tertiary/aromatic N) is 1. The van der Waals surface area contributed by atoms with Crippen molar-refractivity contribution in [3.63, 3.8) is 0 Å². The molecule has 0 amide bonds. The summed E-state index contributed by atoms with van der Waals surface area (Å²) in [6, 6.07) is 3.90. The van der Waals surface area contributed by atoms with E-state index in [1.54, 1.807) is 13.3 Å². The molecule has 0 fully saturated rings. The van der Waals surface area contributed by atoms with Gasteiger partial charge in [0.2, 0.25) is 0 Å². The maximum Gasteiger partial charge on any atom is 0.154 e. The Bertz CT molecular complexity index is 970. The van der Waals surface area contributed by atoms with Crippen molar-refractivity contribution in [3.8, 4) is 0 Å². The minimum Gasteiger partial charge on any atom is -0.501 e. The molecule has 3 nitrogen and oxygen atoms in total. The summed E-state index contributed by atoms with van der Waals surface area (Å²) in [5, 5.41) is 8.75. The average Bonchev–Trinajstić information content (AvgIpc) is 2.72. The van der Waals surface area contributed by atoms with Gasteiger partial charge in [-0.15, -0.1) is 0 Å². The van der Waals surface area contributed by atoms with Crippen LogP contribution in [0.3, 0.4) is 0 Å². The molecule has 0 radical (unpaired) electrons. The lowest BCUT2D eigenvalue weighted by Crippen LogP contribution is -2.28. The van der Waals surface area contributed by atoms with E-state index in [2.05, 4.69) is 4.98 Å². The number of hydrogen-bond donors (Lipinski definition) is 1. The van der Waals surface area contributed by atoms with Gasteiger partial charge in [-0.05, 0) is 72.3 Å². The molecule has 0 aromatic carbocycles. The van der Waals surface area contributed by atoms with Crippen LogP contribution in [0, 0.1) is 23.2 Å². The lowest BCUT2D eigenvalue weighted by molar-refractivity contribution is 0.246. The molecule has 3 atom stereocenters. The van der Waals surface area contributed by atoms with Crippen molar-refractivity contribution in [1.29, 1.82) is 5.41 Å². The second-order valence-electron chi connectivity index (χ2n) is 7.42. The van der Waals surface area contributed by atoms with E-state index in [1.807, 2.05) is 37.4 Å². The molecule has 144 valence electrons. The summed E-state index contributed by atoms with van der Waals surface area (Å²) in [5.41, 5.74) is 4.40. The van der Waals surface area contributed by atoms with Gasteiger partial charge < -0.3 is 10.1 Å². The van der Waals surface area contributed by atoms with Crippen LogP contribution < -0.4 is 0 Å². The molecule has 0 saturated heterocycles. The number of ether oxygens (including phenoxy) is 1. The number of hydrogen-bond acceptors (Lipinski definition) is 3. The first kappa shape index (κ1) is 18.5. The maximum atomic E-state index is 13.8. The largest absolute Gasteiger partial charge is 0.501 e. The first-order valence-electron chi connectivity index (χ1n) is 9.39. The zero-order valence-corrected chi connectivity index (χ0v) is 15.9. The van der Waals surface area contributed by atoms with Crippen LogP contribution in [-0.2, 0) is 4.74 Å². The third-order valence-electron chi connectivity index (χ3n) is 5.87. The van der Waals surface area contributed by atoms with E-state index in [0.717, 1.165) is 34.5 Å². The van der Waals surface area contributed by atoms with Crippen LogP contribution >= 0.6 is 0 Å². The van der Waals surface area contributed by atoms with Crippen LogP contribution in [0.15, 0.2) is 77.4 Å². The summed E-state index contributed by atoms with van der Waals surface area (Å²) in [6.45, 7) is 1.96. The molecule has 1 N–H and O–H groups in total. The fourth-order valence-electron chi connectivity index (χ4n) is 4.30. The van der Waals surface area contributed by atoms with Crippen LogP contribution in [0.5, 0.6) is 0 Å². The summed E-state index contributed by atoms with van der Waals surface area (Å²) in [7, 11) is 1.63. The first-order valence-corrected chi connectivity index (χ1v) is 9.39. The Kier molecular flexibility index (Phi) is 4.84. The van der Waals surface area contributed by atoms with Gasteiger partial charge in [0.25, 0.3) is 0 Å². The molecule has 28 heavy (non-hydrogen) atoms. The van der Waals surface area contributed by atoms with Gasteiger partial charge in [0.05, 0.1) is 12.8 Å². The highest BCUT2D eigenvalue weighted by Crippen LogP contribution is 2.45. The Morgan fingerprint density at radius 2 is 2.00 bits per heavy atom.